The molecule has 0 bridgehead atoms. The molecule has 0 fully saturated rings. The van der Waals surface area contributed by atoms with E-state index in [-0.39, 0.29) is 11.8 Å². The SMILES string of the molecule is CC(=O)Nc1ccc(C(=O)NCc2ccn[nH]2)s1. The first-order valence-electron chi connectivity index (χ1n) is 5.29. The number of hydrogen-bond donors (Lipinski definition) is 3. The van der Waals surface area contributed by atoms with E-state index in [1.54, 1.807) is 24.4 Å². The smallest absolute Gasteiger partial charge is 0.261 e. The predicted octanol–water partition coefficient (Wildman–Crippen LogP) is 1.36. The van der Waals surface area contributed by atoms with Gasteiger partial charge < -0.3 is 10.6 Å². The van der Waals surface area contributed by atoms with Gasteiger partial charge in [-0.05, 0) is 18.2 Å². The lowest BCUT2D eigenvalue weighted by molar-refractivity contribution is -0.114. The van der Waals surface area contributed by atoms with Crippen LogP contribution in [0.5, 0.6) is 0 Å². The van der Waals surface area contributed by atoms with Crippen molar-refractivity contribution in [2.24, 2.45) is 0 Å². The molecule has 2 aromatic heterocycles. The van der Waals surface area contributed by atoms with Crippen molar-refractivity contribution in [1.29, 1.82) is 0 Å². The fourth-order valence-electron chi connectivity index (χ4n) is 1.35. The molecule has 0 spiro atoms. The van der Waals surface area contributed by atoms with Crippen molar-refractivity contribution in [3.8, 4) is 0 Å². The van der Waals surface area contributed by atoms with Crippen LogP contribution in [0.3, 0.4) is 0 Å². The van der Waals surface area contributed by atoms with Crippen molar-refractivity contribution in [2.45, 2.75) is 13.5 Å². The van der Waals surface area contributed by atoms with Gasteiger partial charge in [0.25, 0.3) is 5.91 Å². The van der Waals surface area contributed by atoms with Crippen molar-refractivity contribution < 1.29 is 9.59 Å². The van der Waals surface area contributed by atoms with Gasteiger partial charge in [-0.25, -0.2) is 0 Å². The highest BCUT2D eigenvalue weighted by Gasteiger charge is 2.09. The van der Waals surface area contributed by atoms with Gasteiger partial charge in [-0.2, -0.15) is 5.10 Å². The molecule has 0 aromatic carbocycles. The molecule has 0 atom stereocenters. The summed E-state index contributed by atoms with van der Waals surface area (Å²) in [6, 6.07) is 5.17. The molecule has 0 unspecified atom stereocenters. The number of thiophene rings is 1. The van der Waals surface area contributed by atoms with Crippen LogP contribution in [0.4, 0.5) is 5.00 Å². The van der Waals surface area contributed by atoms with Crippen LogP contribution in [0.1, 0.15) is 22.3 Å². The number of hydrogen-bond acceptors (Lipinski definition) is 4. The van der Waals surface area contributed by atoms with Gasteiger partial charge >= 0.3 is 0 Å². The van der Waals surface area contributed by atoms with Crippen molar-refractivity contribution in [3.63, 3.8) is 0 Å². The highest BCUT2D eigenvalue weighted by atomic mass is 32.1. The minimum Gasteiger partial charge on any atom is -0.346 e. The van der Waals surface area contributed by atoms with E-state index >= 15 is 0 Å². The molecule has 7 heteroatoms. The Labute approximate surface area is 107 Å². The van der Waals surface area contributed by atoms with E-state index in [0.717, 1.165) is 5.69 Å². The number of nitrogens with one attached hydrogen (secondary N) is 3. The Hall–Kier alpha value is -2.15. The number of aromatic amines is 1. The second-order valence-corrected chi connectivity index (χ2v) is 4.69. The average Bonchev–Trinajstić information content (AvgIpc) is 2.95. The number of H-pyrrole nitrogens is 1. The van der Waals surface area contributed by atoms with Crippen LogP contribution in [-0.2, 0) is 11.3 Å². The molecule has 3 N–H and O–H groups in total. The van der Waals surface area contributed by atoms with E-state index in [4.69, 9.17) is 0 Å². The van der Waals surface area contributed by atoms with Gasteiger partial charge in [-0.15, -0.1) is 11.3 Å². The molecule has 2 aromatic rings. The molecule has 2 rings (SSSR count). The first-order chi connectivity index (χ1) is 8.65. The van der Waals surface area contributed by atoms with E-state index in [1.165, 1.54) is 18.3 Å². The molecule has 0 saturated heterocycles. The molecule has 0 aliphatic rings. The maximum atomic E-state index is 11.8. The van der Waals surface area contributed by atoms with Crippen molar-refractivity contribution in [3.05, 3.63) is 35.0 Å². The first kappa shape index (κ1) is 12.3. The average molecular weight is 264 g/mol. The monoisotopic (exact) mass is 264 g/mol. The molecule has 2 amide bonds. The molecular formula is C11H12N4O2S. The topological polar surface area (TPSA) is 86.9 Å². The van der Waals surface area contributed by atoms with Crippen molar-refractivity contribution in [1.82, 2.24) is 15.5 Å². The summed E-state index contributed by atoms with van der Waals surface area (Å²) in [7, 11) is 0. The zero-order valence-corrected chi connectivity index (χ0v) is 10.5. The third-order valence-electron chi connectivity index (χ3n) is 2.13. The fourth-order valence-corrected chi connectivity index (χ4v) is 2.22. The van der Waals surface area contributed by atoms with Crippen LogP contribution >= 0.6 is 11.3 Å². The van der Waals surface area contributed by atoms with Gasteiger partial charge in [-0.1, -0.05) is 0 Å². The lowest BCUT2D eigenvalue weighted by atomic mass is 10.4. The molecule has 2 heterocycles. The Morgan fingerprint density at radius 1 is 1.39 bits per heavy atom. The molecule has 0 aliphatic heterocycles. The van der Waals surface area contributed by atoms with E-state index < -0.39 is 0 Å². The molecule has 6 nitrogen and oxygen atoms in total. The molecule has 0 aliphatic carbocycles. The van der Waals surface area contributed by atoms with Gasteiger partial charge in [0.15, 0.2) is 0 Å². The lowest BCUT2D eigenvalue weighted by Gasteiger charge is -2.00. The zero-order valence-electron chi connectivity index (χ0n) is 9.69. The summed E-state index contributed by atoms with van der Waals surface area (Å²) in [5.41, 5.74) is 0.835. The van der Waals surface area contributed by atoms with E-state index in [9.17, 15) is 9.59 Å². The number of carbonyl (C=O) groups is 2. The van der Waals surface area contributed by atoms with Gasteiger partial charge in [0, 0.05) is 13.1 Å². The van der Waals surface area contributed by atoms with Gasteiger partial charge in [0.1, 0.15) is 0 Å². The first-order valence-corrected chi connectivity index (χ1v) is 6.10. The number of amides is 2. The maximum absolute atomic E-state index is 11.8. The van der Waals surface area contributed by atoms with Gasteiger partial charge in [0.05, 0.1) is 22.1 Å². The third kappa shape index (κ3) is 3.17. The Bertz CT molecular complexity index is 547. The Morgan fingerprint density at radius 2 is 2.22 bits per heavy atom. The van der Waals surface area contributed by atoms with Crippen LogP contribution in [-0.4, -0.2) is 22.0 Å². The van der Waals surface area contributed by atoms with Crippen LogP contribution in [0.25, 0.3) is 0 Å². The quantitative estimate of drug-likeness (QED) is 0.779. The van der Waals surface area contributed by atoms with Crippen molar-refractivity contribution >= 4 is 28.2 Å². The number of rotatable bonds is 4. The molecule has 0 saturated carbocycles. The highest BCUT2D eigenvalue weighted by Crippen LogP contribution is 2.21. The highest BCUT2D eigenvalue weighted by molar-refractivity contribution is 7.18. The molecule has 18 heavy (non-hydrogen) atoms. The Kier molecular flexibility index (Phi) is 3.73. The maximum Gasteiger partial charge on any atom is 0.261 e. The van der Waals surface area contributed by atoms with Crippen LogP contribution in [0.15, 0.2) is 24.4 Å². The molecule has 94 valence electrons. The zero-order chi connectivity index (χ0) is 13.0. The van der Waals surface area contributed by atoms with E-state index in [0.29, 0.717) is 16.4 Å². The minimum atomic E-state index is -0.175. The normalized spacial score (nSPS) is 10.1. The molecule has 0 radical (unpaired) electrons. The van der Waals surface area contributed by atoms with Crippen LogP contribution in [0.2, 0.25) is 0 Å². The summed E-state index contributed by atoms with van der Waals surface area (Å²) in [5, 5.41) is 12.6. The van der Waals surface area contributed by atoms with Crippen LogP contribution < -0.4 is 10.6 Å². The summed E-state index contributed by atoms with van der Waals surface area (Å²) in [6.45, 7) is 1.82. The largest absolute Gasteiger partial charge is 0.346 e. The fraction of sp³-hybridized carbons (Fsp3) is 0.182. The standard InChI is InChI=1S/C11H12N4O2S/c1-7(16)14-10-3-2-9(18-10)11(17)12-6-8-4-5-13-15-8/h2-5H,6H2,1H3,(H,12,17)(H,13,15)(H,14,16). The third-order valence-corrected chi connectivity index (χ3v) is 3.13. The minimum absolute atomic E-state index is 0.152. The van der Waals surface area contributed by atoms with Gasteiger partial charge in [0.2, 0.25) is 5.91 Å². The summed E-state index contributed by atoms with van der Waals surface area (Å²) < 4.78 is 0. The lowest BCUT2D eigenvalue weighted by Crippen LogP contribution is -2.21. The summed E-state index contributed by atoms with van der Waals surface area (Å²) in [6.07, 6.45) is 1.63. The summed E-state index contributed by atoms with van der Waals surface area (Å²) in [5.74, 6) is -0.326. The number of nitrogens with zero attached hydrogens (tertiary/aromatic N) is 1. The number of anilines is 1. The number of carbonyl (C=O) groups excluding carboxylic acids is 2. The summed E-state index contributed by atoms with van der Waals surface area (Å²) >= 11 is 1.24. The Balaban J connectivity index is 1.92. The summed E-state index contributed by atoms with van der Waals surface area (Å²) in [4.78, 5) is 23.2. The predicted molar refractivity (Wildman–Crippen MR) is 68.4 cm³/mol. The molecular weight excluding hydrogens is 252 g/mol. The second kappa shape index (κ2) is 5.46. The van der Waals surface area contributed by atoms with Crippen molar-refractivity contribution in [2.75, 3.05) is 5.32 Å². The van der Waals surface area contributed by atoms with E-state index in [1.807, 2.05) is 0 Å². The second-order valence-electron chi connectivity index (χ2n) is 3.61. The number of aromatic nitrogens is 2. The van der Waals surface area contributed by atoms with Crippen LogP contribution in [0, 0.1) is 0 Å². The van der Waals surface area contributed by atoms with Gasteiger partial charge in [-0.3, -0.25) is 14.7 Å². The Morgan fingerprint density at radius 3 is 2.89 bits per heavy atom. The van der Waals surface area contributed by atoms with E-state index in [2.05, 4.69) is 20.8 Å².